The first kappa shape index (κ1) is 15.5. The van der Waals surface area contributed by atoms with Crippen LogP contribution in [-0.2, 0) is 16.0 Å². The van der Waals surface area contributed by atoms with Crippen molar-refractivity contribution in [1.29, 1.82) is 0 Å². The summed E-state index contributed by atoms with van der Waals surface area (Å²) in [6, 6.07) is 1.15. The Morgan fingerprint density at radius 3 is 2.42 bits per heavy atom. The number of sulfone groups is 1. The molecular weight excluding hydrogens is 285 g/mol. The van der Waals surface area contributed by atoms with Gasteiger partial charge in [-0.2, -0.15) is 13.2 Å². The largest absolute Gasteiger partial charge is 0.451 e. The van der Waals surface area contributed by atoms with Crippen LogP contribution in [0.15, 0.2) is 6.07 Å². The number of nitrogens with zero attached hydrogens (tertiary/aromatic N) is 3. The Bertz CT molecular complexity index is 559. The van der Waals surface area contributed by atoms with E-state index in [-0.39, 0.29) is 23.9 Å². The Morgan fingerprint density at radius 2 is 1.95 bits per heavy atom. The van der Waals surface area contributed by atoms with Crippen LogP contribution < -0.4 is 10.6 Å². The molecule has 19 heavy (non-hydrogen) atoms. The molecule has 0 radical (unpaired) electrons. The summed E-state index contributed by atoms with van der Waals surface area (Å²) in [5, 5.41) is 0. The molecule has 0 bridgehead atoms. The van der Waals surface area contributed by atoms with Crippen LogP contribution in [0.5, 0.6) is 0 Å². The number of nitrogens with two attached hydrogens (primary N) is 1. The fraction of sp³-hybridized carbons (Fsp3) is 0.556. The quantitative estimate of drug-likeness (QED) is 0.873. The number of nitrogen functional groups attached to an aromatic ring is 1. The highest BCUT2D eigenvalue weighted by atomic mass is 32.2. The van der Waals surface area contributed by atoms with Crippen LogP contribution in [-0.4, -0.2) is 44.0 Å². The van der Waals surface area contributed by atoms with Crippen molar-refractivity contribution >= 4 is 21.5 Å². The second-order valence-corrected chi connectivity index (χ2v) is 6.28. The predicted molar refractivity (Wildman–Crippen MR) is 64.4 cm³/mol. The van der Waals surface area contributed by atoms with Gasteiger partial charge in [-0.3, -0.25) is 0 Å². The van der Waals surface area contributed by atoms with Gasteiger partial charge >= 0.3 is 6.18 Å². The minimum atomic E-state index is -4.71. The molecule has 0 aliphatic carbocycles. The summed E-state index contributed by atoms with van der Waals surface area (Å²) >= 11 is 0. The summed E-state index contributed by atoms with van der Waals surface area (Å²) < 4.78 is 59.5. The topological polar surface area (TPSA) is 89.2 Å². The zero-order chi connectivity index (χ0) is 14.8. The van der Waals surface area contributed by atoms with E-state index in [1.807, 2.05) is 0 Å². The maximum atomic E-state index is 12.5. The molecule has 0 amide bonds. The van der Waals surface area contributed by atoms with Crippen LogP contribution in [0.4, 0.5) is 24.8 Å². The first-order valence-electron chi connectivity index (χ1n) is 5.09. The Kier molecular flexibility index (Phi) is 4.23. The molecule has 6 nitrogen and oxygen atoms in total. The lowest BCUT2D eigenvalue weighted by atomic mass is 10.4. The molecule has 0 aromatic carbocycles. The van der Waals surface area contributed by atoms with Crippen LogP contribution in [0.3, 0.4) is 0 Å². The smallest absolute Gasteiger partial charge is 0.384 e. The van der Waals surface area contributed by atoms with Gasteiger partial charge in [-0.25, -0.2) is 18.4 Å². The number of alkyl halides is 3. The van der Waals surface area contributed by atoms with Crippen LogP contribution >= 0.6 is 0 Å². The molecule has 10 heteroatoms. The Labute approximate surface area is 108 Å². The second-order valence-electron chi connectivity index (χ2n) is 4.02. The molecule has 2 N–H and O–H groups in total. The lowest BCUT2D eigenvalue weighted by molar-refractivity contribution is -0.144. The predicted octanol–water partition coefficient (Wildman–Crippen LogP) is 0.558. The van der Waals surface area contributed by atoms with Gasteiger partial charge in [-0.1, -0.05) is 0 Å². The Balaban J connectivity index is 2.98. The van der Waals surface area contributed by atoms with Crippen LogP contribution in [0.1, 0.15) is 5.82 Å². The summed E-state index contributed by atoms with van der Waals surface area (Å²) in [5.41, 5.74) is 5.28. The minimum Gasteiger partial charge on any atom is -0.384 e. The van der Waals surface area contributed by atoms with Gasteiger partial charge in [0, 0.05) is 25.9 Å². The lowest BCUT2D eigenvalue weighted by Gasteiger charge is -2.18. The standard InChI is InChI=1S/C9H13F3N4O2S/c1-16(3-4-19(2,17)18)7-5-6(13)14-8(15-7)9(10,11)12/h5H,3-4H2,1-2H3,(H2,13,14,15). The number of hydrogen-bond donors (Lipinski definition) is 1. The van der Waals surface area contributed by atoms with E-state index in [0.717, 1.165) is 12.3 Å². The molecule has 1 aromatic heterocycles. The van der Waals surface area contributed by atoms with E-state index >= 15 is 0 Å². The average molecular weight is 298 g/mol. The third-order valence-corrected chi connectivity index (χ3v) is 3.10. The van der Waals surface area contributed by atoms with Crippen molar-refractivity contribution < 1.29 is 21.6 Å². The van der Waals surface area contributed by atoms with Crippen LogP contribution in [0, 0.1) is 0 Å². The fourth-order valence-electron chi connectivity index (χ4n) is 1.19. The van der Waals surface area contributed by atoms with Gasteiger partial charge in [0.2, 0.25) is 5.82 Å². The highest BCUT2D eigenvalue weighted by molar-refractivity contribution is 7.90. The van der Waals surface area contributed by atoms with Crippen LogP contribution in [0.25, 0.3) is 0 Å². The van der Waals surface area contributed by atoms with Crippen molar-refractivity contribution in [2.45, 2.75) is 6.18 Å². The number of hydrogen-bond acceptors (Lipinski definition) is 6. The van der Waals surface area contributed by atoms with Gasteiger partial charge in [-0.05, 0) is 0 Å². The molecule has 0 aliphatic heterocycles. The first-order valence-corrected chi connectivity index (χ1v) is 7.16. The van der Waals surface area contributed by atoms with Crippen molar-refractivity contribution in [3.8, 4) is 0 Å². The molecule has 1 heterocycles. The number of rotatable bonds is 4. The fourth-order valence-corrected chi connectivity index (χ4v) is 1.80. The van der Waals surface area contributed by atoms with E-state index in [0.29, 0.717) is 0 Å². The minimum absolute atomic E-state index is 0.00653. The van der Waals surface area contributed by atoms with Gasteiger partial charge in [0.25, 0.3) is 0 Å². The van der Waals surface area contributed by atoms with Crippen molar-refractivity contribution in [3.63, 3.8) is 0 Å². The van der Waals surface area contributed by atoms with E-state index in [1.165, 1.54) is 11.9 Å². The number of halogens is 3. The van der Waals surface area contributed by atoms with Gasteiger partial charge in [0.15, 0.2) is 0 Å². The molecule has 0 aliphatic rings. The molecule has 0 unspecified atom stereocenters. The zero-order valence-electron chi connectivity index (χ0n) is 10.3. The molecule has 1 aromatic rings. The SMILES string of the molecule is CN(CCS(C)(=O)=O)c1cc(N)nc(C(F)(F)F)n1. The molecule has 0 atom stereocenters. The maximum Gasteiger partial charge on any atom is 0.451 e. The molecule has 0 saturated heterocycles. The highest BCUT2D eigenvalue weighted by Gasteiger charge is 2.35. The molecular formula is C9H13F3N4O2S. The number of aromatic nitrogens is 2. The third kappa shape index (κ3) is 4.89. The van der Waals surface area contributed by atoms with E-state index in [1.54, 1.807) is 0 Å². The van der Waals surface area contributed by atoms with Crippen molar-refractivity contribution in [2.75, 3.05) is 36.2 Å². The zero-order valence-corrected chi connectivity index (χ0v) is 11.1. The molecule has 108 valence electrons. The van der Waals surface area contributed by atoms with Crippen LogP contribution in [0.2, 0.25) is 0 Å². The molecule has 0 fully saturated rings. The monoisotopic (exact) mass is 298 g/mol. The third-order valence-electron chi connectivity index (χ3n) is 2.17. The number of anilines is 2. The molecule has 0 saturated carbocycles. The normalized spacial score (nSPS) is 12.5. The summed E-state index contributed by atoms with van der Waals surface area (Å²) in [6.07, 6.45) is -3.67. The van der Waals surface area contributed by atoms with Crippen molar-refractivity contribution in [2.24, 2.45) is 0 Å². The Hall–Kier alpha value is -1.58. The van der Waals surface area contributed by atoms with E-state index in [2.05, 4.69) is 9.97 Å². The van der Waals surface area contributed by atoms with E-state index in [4.69, 9.17) is 5.73 Å². The van der Waals surface area contributed by atoms with Gasteiger partial charge < -0.3 is 10.6 Å². The maximum absolute atomic E-state index is 12.5. The summed E-state index contributed by atoms with van der Waals surface area (Å²) in [4.78, 5) is 7.69. The average Bonchev–Trinajstić information content (AvgIpc) is 2.22. The summed E-state index contributed by atoms with van der Waals surface area (Å²) in [7, 11) is -1.79. The Morgan fingerprint density at radius 1 is 1.37 bits per heavy atom. The molecule has 0 spiro atoms. The second kappa shape index (κ2) is 5.19. The van der Waals surface area contributed by atoms with Gasteiger partial charge in [0.1, 0.15) is 21.5 Å². The van der Waals surface area contributed by atoms with Gasteiger partial charge in [0.05, 0.1) is 5.75 Å². The van der Waals surface area contributed by atoms with Gasteiger partial charge in [-0.15, -0.1) is 0 Å². The van der Waals surface area contributed by atoms with Crippen molar-refractivity contribution in [3.05, 3.63) is 11.9 Å². The van der Waals surface area contributed by atoms with Crippen molar-refractivity contribution in [1.82, 2.24) is 9.97 Å². The van der Waals surface area contributed by atoms with E-state index in [9.17, 15) is 21.6 Å². The summed E-state index contributed by atoms with van der Waals surface area (Å²) in [5.74, 6) is -1.96. The molecule has 1 rings (SSSR count). The lowest BCUT2D eigenvalue weighted by Crippen LogP contribution is -2.27. The summed E-state index contributed by atoms with van der Waals surface area (Å²) in [6.45, 7) is 0.00653. The highest BCUT2D eigenvalue weighted by Crippen LogP contribution is 2.28. The first-order chi connectivity index (χ1) is 8.49. The van der Waals surface area contributed by atoms with E-state index < -0.39 is 21.8 Å².